The minimum Gasteiger partial charge on any atom is -0.303 e. The lowest BCUT2D eigenvalue weighted by molar-refractivity contribution is 0.0316. The Balaban J connectivity index is 0.000000956. The molecule has 1 spiro atoms. The van der Waals surface area contributed by atoms with Gasteiger partial charge in [-0.2, -0.15) is 0 Å². The Morgan fingerprint density at radius 3 is 1.70 bits per heavy atom. The fourth-order valence-electron chi connectivity index (χ4n) is 3.79. The molecule has 0 N–H and O–H groups in total. The van der Waals surface area contributed by atoms with Crippen LogP contribution in [-0.2, 0) is 0 Å². The Morgan fingerprint density at radius 2 is 1.30 bits per heavy atom. The molecule has 2 rings (SSSR count). The molecule has 0 radical (unpaired) electrons. The molecule has 0 saturated carbocycles. The highest BCUT2D eigenvalue weighted by Gasteiger charge is 2.37. The van der Waals surface area contributed by atoms with Gasteiger partial charge in [0.15, 0.2) is 0 Å². The van der Waals surface area contributed by atoms with E-state index in [-0.39, 0.29) is 0 Å². The SMILES string of the molecule is CC.CCCN1CCC2(CC1)CCN(CC(C)C)CC2. The molecule has 0 unspecified atom stereocenters. The fourth-order valence-corrected chi connectivity index (χ4v) is 3.79. The normalized spacial score (nSPS) is 23.7. The average Bonchev–Trinajstić information content (AvgIpc) is 2.46. The molecule has 0 aromatic rings. The summed E-state index contributed by atoms with van der Waals surface area (Å²) < 4.78 is 0. The van der Waals surface area contributed by atoms with Gasteiger partial charge in [0.05, 0.1) is 0 Å². The zero-order valence-corrected chi connectivity index (χ0v) is 14.7. The van der Waals surface area contributed by atoms with Crippen LogP contribution >= 0.6 is 0 Å². The van der Waals surface area contributed by atoms with Crippen molar-refractivity contribution in [3.8, 4) is 0 Å². The third-order valence-corrected chi connectivity index (χ3v) is 5.00. The molecule has 2 fully saturated rings. The van der Waals surface area contributed by atoms with Gasteiger partial charge < -0.3 is 9.80 Å². The molecule has 120 valence electrons. The van der Waals surface area contributed by atoms with Gasteiger partial charge in [-0.1, -0.05) is 34.6 Å². The molecule has 2 nitrogen and oxygen atoms in total. The molecule has 0 bridgehead atoms. The van der Waals surface area contributed by atoms with E-state index >= 15 is 0 Å². The van der Waals surface area contributed by atoms with E-state index in [9.17, 15) is 0 Å². The smallest absolute Gasteiger partial charge is 0.000439 e. The van der Waals surface area contributed by atoms with Crippen LogP contribution < -0.4 is 0 Å². The Morgan fingerprint density at radius 1 is 0.850 bits per heavy atom. The first-order valence-electron chi connectivity index (χ1n) is 9.08. The predicted octanol–water partition coefficient (Wildman–Crippen LogP) is 4.26. The van der Waals surface area contributed by atoms with Gasteiger partial charge in [0.1, 0.15) is 0 Å². The van der Waals surface area contributed by atoms with Crippen LogP contribution in [0.2, 0.25) is 0 Å². The second-order valence-electron chi connectivity index (χ2n) is 7.04. The number of likely N-dealkylation sites (tertiary alicyclic amines) is 2. The molecule has 0 aromatic heterocycles. The van der Waals surface area contributed by atoms with Crippen LogP contribution in [0.3, 0.4) is 0 Å². The van der Waals surface area contributed by atoms with Crippen molar-refractivity contribution in [2.45, 2.75) is 66.7 Å². The minimum atomic E-state index is 0.720. The topological polar surface area (TPSA) is 6.48 Å². The predicted molar refractivity (Wildman–Crippen MR) is 90.3 cm³/mol. The van der Waals surface area contributed by atoms with Crippen molar-refractivity contribution in [2.24, 2.45) is 11.3 Å². The third kappa shape index (κ3) is 5.37. The van der Waals surface area contributed by atoms with E-state index in [1.807, 2.05) is 13.8 Å². The lowest BCUT2D eigenvalue weighted by atomic mass is 9.71. The number of rotatable bonds is 4. The Bertz CT molecular complexity index is 232. The fraction of sp³-hybridized carbons (Fsp3) is 1.00. The van der Waals surface area contributed by atoms with Gasteiger partial charge in [-0.15, -0.1) is 0 Å². The van der Waals surface area contributed by atoms with Gasteiger partial charge in [-0.25, -0.2) is 0 Å². The summed E-state index contributed by atoms with van der Waals surface area (Å²) in [4.78, 5) is 5.36. The van der Waals surface area contributed by atoms with Gasteiger partial charge in [0, 0.05) is 6.54 Å². The first-order valence-corrected chi connectivity index (χ1v) is 9.08. The van der Waals surface area contributed by atoms with Gasteiger partial charge in [0.25, 0.3) is 0 Å². The zero-order valence-electron chi connectivity index (χ0n) is 14.7. The molecule has 2 aliphatic heterocycles. The lowest BCUT2D eigenvalue weighted by Gasteiger charge is -2.47. The Hall–Kier alpha value is -0.0800. The maximum absolute atomic E-state index is 2.69. The molecule has 0 aromatic carbocycles. The molecule has 0 aliphatic carbocycles. The minimum absolute atomic E-state index is 0.720. The lowest BCUT2D eigenvalue weighted by Crippen LogP contribution is -2.47. The highest BCUT2D eigenvalue weighted by atomic mass is 15.1. The van der Waals surface area contributed by atoms with E-state index in [1.54, 1.807) is 0 Å². The first-order chi connectivity index (χ1) is 9.63. The van der Waals surface area contributed by atoms with Crippen molar-refractivity contribution in [2.75, 3.05) is 39.3 Å². The standard InChI is InChI=1S/C16H32N2.C2H6/c1-4-9-17-10-5-16(6-11-17)7-12-18(13-8-16)14-15(2)3;1-2/h15H,4-14H2,1-3H3;1-2H3. The molecule has 2 saturated heterocycles. The summed E-state index contributed by atoms with van der Waals surface area (Å²) in [6.45, 7) is 19.0. The van der Waals surface area contributed by atoms with E-state index in [4.69, 9.17) is 0 Å². The monoisotopic (exact) mass is 282 g/mol. The van der Waals surface area contributed by atoms with Gasteiger partial charge >= 0.3 is 0 Å². The van der Waals surface area contributed by atoms with Crippen LogP contribution in [0.5, 0.6) is 0 Å². The van der Waals surface area contributed by atoms with E-state index in [1.165, 1.54) is 71.4 Å². The Labute approximate surface area is 127 Å². The van der Waals surface area contributed by atoms with Gasteiger partial charge in [0.2, 0.25) is 0 Å². The van der Waals surface area contributed by atoms with Crippen molar-refractivity contribution in [1.29, 1.82) is 0 Å². The number of nitrogens with zero attached hydrogens (tertiary/aromatic N) is 2. The molecule has 0 amide bonds. The van der Waals surface area contributed by atoms with E-state index in [2.05, 4.69) is 30.6 Å². The van der Waals surface area contributed by atoms with Crippen molar-refractivity contribution in [1.82, 2.24) is 9.80 Å². The second kappa shape index (κ2) is 9.04. The first kappa shape index (κ1) is 18.0. The van der Waals surface area contributed by atoms with Crippen LogP contribution in [0, 0.1) is 11.3 Å². The van der Waals surface area contributed by atoms with Crippen LogP contribution in [-0.4, -0.2) is 49.1 Å². The summed E-state index contributed by atoms with van der Waals surface area (Å²) in [7, 11) is 0. The quantitative estimate of drug-likeness (QED) is 0.760. The summed E-state index contributed by atoms with van der Waals surface area (Å²) in [5.74, 6) is 0.824. The second-order valence-corrected chi connectivity index (χ2v) is 7.04. The summed E-state index contributed by atoms with van der Waals surface area (Å²) in [6, 6.07) is 0. The van der Waals surface area contributed by atoms with Crippen LogP contribution in [0.1, 0.15) is 66.7 Å². The molecule has 2 heterocycles. The maximum atomic E-state index is 2.69. The summed E-state index contributed by atoms with van der Waals surface area (Å²) in [5, 5.41) is 0. The average molecular weight is 283 g/mol. The highest BCUT2D eigenvalue weighted by molar-refractivity contribution is 4.90. The van der Waals surface area contributed by atoms with E-state index in [0.29, 0.717) is 0 Å². The van der Waals surface area contributed by atoms with Crippen LogP contribution in [0.4, 0.5) is 0 Å². The van der Waals surface area contributed by atoms with Gasteiger partial charge in [-0.3, -0.25) is 0 Å². The third-order valence-electron chi connectivity index (χ3n) is 5.00. The summed E-state index contributed by atoms with van der Waals surface area (Å²) >= 11 is 0. The van der Waals surface area contributed by atoms with Crippen molar-refractivity contribution in [3.63, 3.8) is 0 Å². The summed E-state index contributed by atoms with van der Waals surface area (Å²) in [6.07, 6.45) is 7.15. The molecule has 2 aliphatic rings. The molecule has 0 atom stereocenters. The summed E-state index contributed by atoms with van der Waals surface area (Å²) in [5.41, 5.74) is 0.720. The van der Waals surface area contributed by atoms with Crippen molar-refractivity contribution >= 4 is 0 Å². The number of piperidine rings is 2. The number of hydrogen-bond donors (Lipinski definition) is 0. The van der Waals surface area contributed by atoms with Gasteiger partial charge in [-0.05, 0) is 76.2 Å². The highest BCUT2D eigenvalue weighted by Crippen LogP contribution is 2.41. The molecular weight excluding hydrogens is 244 g/mol. The number of hydrogen-bond acceptors (Lipinski definition) is 2. The van der Waals surface area contributed by atoms with Crippen LogP contribution in [0.25, 0.3) is 0 Å². The Kier molecular flexibility index (Phi) is 8.13. The van der Waals surface area contributed by atoms with Crippen molar-refractivity contribution in [3.05, 3.63) is 0 Å². The largest absolute Gasteiger partial charge is 0.303 e. The van der Waals surface area contributed by atoms with Crippen molar-refractivity contribution < 1.29 is 0 Å². The maximum Gasteiger partial charge on any atom is 0.000439 e. The molecular formula is C18H38N2. The van der Waals surface area contributed by atoms with Crippen LogP contribution in [0.15, 0.2) is 0 Å². The van der Waals surface area contributed by atoms with E-state index in [0.717, 1.165) is 11.3 Å². The molecule has 2 heteroatoms. The zero-order chi connectivity index (χ0) is 15.0. The molecule has 20 heavy (non-hydrogen) atoms. The van der Waals surface area contributed by atoms with E-state index < -0.39 is 0 Å².